The van der Waals surface area contributed by atoms with Crippen molar-refractivity contribution in [2.75, 3.05) is 5.32 Å². The zero-order valence-electron chi connectivity index (χ0n) is 11.2. The van der Waals surface area contributed by atoms with Crippen molar-refractivity contribution in [3.63, 3.8) is 0 Å². The minimum absolute atomic E-state index is 0.497. The Morgan fingerprint density at radius 1 is 1.33 bits per heavy atom. The molecule has 0 saturated heterocycles. The first-order valence-corrected chi connectivity index (χ1v) is 7.78. The largest absolute Gasteiger partial charge is 0.367 e. The van der Waals surface area contributed by atoms with E-state index in [1.807, 2.05) is 6.07 Å². The molecule has 0 aromatic carbocycles. The zero-order valence-corrected chi connectivity index (χ0v) is 12.8. The van der Waals surface area contributed by atoms with Gasteiger partial charge in [0.15, 0.2) is 0 Å². The first-order valence-electron chi connectivity index (χ1n) is 6.99. The van der Waals surface area contributed by atoms with Crippen molar-refractivity contribution in [2.24, 2.45) is 5.92 Å². The van der Waals surface area contributed by atoms with E-state index in [0.29, 0.717) is 6.04 Å². The van der Waals surface area contributed by atoms with Crippen LogP contribution >= 0.6 is 15.9 Å². The van der Waals surface area contributed by atoms with Gasteiger partial charge in [-0.2, -0.15) is 0 Å². The van der Waals surface area contributed by atoms with Gasteiger partial charge in [-0.15, -0.1) is 0 Å². The van der Waals surface area contributed by atoms with Gasteiger partial charge in [0.25, 0.3) is 0 Å². The lowest BCUT2D eigenvalue weighted by Crippen LogP contribution is -2.28. The summed E-state index contributed by atoms with van der Waals surface area (Å²) in [6.45, 7) is 4.35. The van der Waals surface area contributed by atoms with E-state index in [-0.39, 0.29) is 0 Å². The predicted octanol–water partition coefficient (Wildman–Crippen LogP) is 4.18. The molecule has 1 aromatic rings. The summed E-state index contributed by atoms with van der Waals surface area (Å²) >= 11 is 3.45. The molecular formula is C14H22BrN3. The third kappa shape index (κ3) is 3.67. The fraction of sp³-hybridized carbons (Fsp3) is 0.714. The van der Waals surface area contributed by atoms with Crippen molar-refractivity contribution in [3.05, 3.63) is 16.5 Å². The second kappa shape index (κ2) is 6.50. The molecule has 1 N–H and O–H groups in total. The maximum atomic E-state index is 4.53. The Hall–Kier alpha value is -0.640. The van der Waals surface area contributed by atoms with Gasteiger partial charge >= 0.3 is 0 Å². The minimum Gasteiger partial charge on any atom is -0.367 e. The van der Waals surface area contributed by atoms with E-state index in [4.69, 9.17) is 0 Å². The highest BCUT2D eigenvalue weighted by atomic mass is 79.9. The molecule has 2 rings (SSSR count). The highest BCUT2D eigenvalue weighted by molar-refractivity contribution is 9.10. The molecule has 1 heterocycles. The van der Waals surface area contributed by atoms with E-state index in [9.17, 15) is 0 Å². The molecule has 0 amide bonds. The lowest BCUT2D eigenvalue weighted by Gasteiger charge is -2.28. The van der Waals surface area contributed by atoms with Gasteiger partial charge < -0.3 is 5.32 Å². The average molecular weight is 312 g/mol. The summed E-state index contributed by atoms with van der Waals surface area (Å²) in [6.07, 6.45) is 7.73. The van der Waals surface area contributed by atoms with Gasteiger partial charge in [-0.3, -0.25) is 0 Å². The van der Waals surface area contributed by atoms with Crippen LogP contribution in [0.3, 0.4) is 0 Å². The molecule has 3 nitrogen and oxygen atoms in total. The number of nitrogens with one attached hydrogen (secondary N) is 1. The second-order valence-electron chi connectivity index (χ2n) is 5.18. The van der Waals surface area contributed by atoms with Gasteiger partial charge in [0, 0.05) is 18.5 Å². The standard InChI is InChI=1S/C14H22BrN3/c1-3-13-17-12(15)9-14(18-13)16-10(2)11-7-5-4-6-8-11/h9-11H,3-8H2,1-2H3,(H,16,17,18). The fourth-order valence-corrected chi connectivity index (χ4v) is 3.10. The Labute approximate surface area is 118 Å². The van der Waals surface area contributed by atoms with Gasteiger partial charge in [-0.1, -0.05) is 26.2 Å². The predicted molar refractivity (Wildman–Crippen MR) is 78.8 cm³/mol. The first kappa shape index (κ1) is 13.8. The van der Waals surface area contributed by atoms with E-state index >= 15 is 0 Å². The van der Waals surface area contributed by atoms with Crippen LogP contribution in [0.15, 0.2) is 10.7 Å². The monoisotopic (exact) mass is 311 g/mol. The van der Waals surface area contributed by atoms with Crippen LogP contribution < -0.4 is 5.32 Å². The molecule has 1 aliphatic rings. The fourth-order valence-electron chi connectivity index (χ4n) is 2.68. The van der Waals surface area contributed by atoms with Crippen molar-refractivity contribution >= 4 is 21.7 Å². The van der Waals surface area contributed by atoms with Crippen LogP contribution in [0.5, 0.6) is 0 Å². The quantitative estimate of drug-likeness (QED) is 0.848. The summed E-state index contributed by atoms with van der Waals surface area (Å²) < 4.78 is 0.868. The molecule has 1 unspecified atom stereocenters. The number of anilines is 1. The maximum absolute atomic E-state index is 4.53. The van der Waals surface area contributed by atoms with E-state index in [0.717, 1.165) is 28.6 Å². The summed E-state index contributed by atoms with van der Waals surface area (Å²) in [5.41, 5.74) is 0. The number of hydrogen-bond donors (Lipinski definition) is 1. The summed E-state index contributed by atoms with van der Waals surface area (Å²) in [7, 11) is 0. The second-order valence-corrected chi connectivity index (χ2v) is 5.99. The molecule has 4 heteroatoms. The molecule has 18 heavy (non-hydrogen) atoms. The van der Waals surface area contributed by atoms with E-state index in [2.05, 4.69) is 45.1 Å². The van der Waals surface area contributed by atoms with Crippen molar-refractivity contribution < 1.29 is 0 Å². The topological polar surface area (TPSA) is 37.8 Å². The third-order valence-electron chi connectivity index (χ3n) is 3.79. The summed E-state index contributed by atoms with van der Waals surface area (Å²) in [5, 5.41) is 3.55. The zero-order chi connectivity index (χ0) is 13.0. The SMILES string of the molecule is CCc1nc(Br)cc(NC(C)C2CCCCC2)n1. The number of aryl methyl sites for hydroxylation is 1. The van der Waals surface area contributed by atoms with Crippen LogP contribution in [-0.4, -0.2) is 16.0 Å². The normalized spacial score (nSPS) is 18.6. The number of aromatic nitrogens is 2. The Morgan fingerprint density at radius 3 is 2.72 bits per heavy atom. The molecule has 1 atom stereocenters. The minimum atomic E-state index is 0.497. The number of rotatable bonds is 4. The molecule has 0 spiro atoms. The number of nitrogens with zero attached hydrogens (tertiary/aromatic N) is 2. The Bertz CT molecular complexity index is 389. The molecule has 0 bridgehead atoms. The van der Waals surface area contributed by atoms with Crippen molar-refractivity contribution in [1.82, 2.24) is 9.97 Å². The molecule has 1 fully saturated rings. The highest BCUT2D eigenvalue weighted by Gasteiger charge is 2.20. The van der Waals surface area contributed by atoms with Gasteiger partial charge in [0.1, 0.15) is 16.2 Å². The van der Waals surface area contributed by atoms with E-state index in [1.165, 1.54) is 32.1 Å². The number of halogens is 1. The van der Waals surface area contributed by atoms with Crippen LogP contribution in [0.1, 0.15) is 51.8 Å². The lowest BCUT2D eigenvalue weighted by molar-refractivity contribution is 0.328. The van der Waals surface area contributed by atoms with Crippen molar-refractivity contribution in [3.8, 4) is 0 Å². The summed E-state index contributed by atoms with van der Waals surface area (Å²) in [6, 6.07) is 2.47. The Kier molecular flexibility index (Phi) is 4.98. The lowest BCUT2D eigenvalue weighted by atomic mass is 9.84. The smallest absolute Gasteiger partial charge is 0.131 e. The molecule has 1 aromatic heterocycles. The maximum Gasteiger partial charge on any atom is 0.131 e. The highest BCUT2D eigenvalue weighted by Crippen LogP contribution is 2.28. The van der Waals surface area contributed by atoms with Crippen LogP contribution in [-0.2, 0) is 6.42 Å². The van der Waals surface area contributed by atoms with Crippen LogP contribution in [0, 0.1) is 5.92 Å². The summed E-state index contributed by atoms with van der Waals surface area (Å²) in [5.74, 6) is 2.63. The van der Waals surface area contributed by atoms with Crippen molar-refractivity contribution in [2.45, 2.75) is 58.4 Å². The molecule has 1 saturated carbocycles. The summed E-state index contributed by atoms with van der Waals surface area (Å²) in [4.78, 5) is 8.87. The Balaban J connectivity index is 2.01. The van der Waals surface area contributed by atoms with Gasteiger partial charge in [0.2, 0.25) is 0 Å². The molecular weight excluding hydrogens is 290 g/mol. The van der Waals surface area contributed by atoms with Gasteiger partial charge in [-0.25, -0.2) is 9.97 Å². The van der Waals surface area contributed by atoms with Crippen LogP contribution in [0.4, 0.5) is 5.82 Å². The third-order valence-corrected chi connectivity index (χ3v) is 4.20. The van der Waals surface area contributed by atoms with E-state index in [1.54, 1.807) is 0 Å². The van der Waals surface area contributed by atoms with Gasteiger partial charge in [0.05, 0.1) is 0 Å². The van der Waals surface area contributed by atoms with Crippen LogP contribution in [0.2, 0.25) is 0 Å². The van der Waals surface area contributed by atoms with Gasteiger partial charge in [-0.05, 0) is 41.6 Å². The van der Waals surface area contributed by atoms with E-state index < -0.39 is 0 Å². The average Bonchev–Trinajstić information content (AvgIpc) is 2.39. The molecule has 0 radical (unpaired) electrons. The first-order chi connectivity index (χ1) is 8.69. The number of hydrogen-bond acceptors (Lipinski definition) is 3. The molecule has 100 valence electrons. The molecule has 0 aliphatic heterocycles. The Morgan fingerprint density at radius 2 is 2.06 bits per heavy atom. The van der Waals surface area contributed by atoms with Crippen molar-refractivity contribution in [1.29, 1.82) is 0 Å². The molecule has 1 aliphatic carbocycles. The van der Waals surface area contributed by atoms with Crippen LogP contribution in [0.25, 0.3) is 0 Å².